The Bertz CT molecular complexity index is 715. The van der Waals surface area contributed by atoms with Gasteiger partial charge < -0.3 is 15.7 Å². The summed E-state index contributed by atoms with van der Waals surface area (Å²) in [7, 11) is 0. The van der Waals surface area contributed by atoms with Crippen molar-refractivity contribution in [3.8, 4) is 0 Å². The number of hydrogen-bond acceptors (Lipinski definition) is 5. The van der Waals surface area contributed by atoms with Gasteiger partial charge in [-0.05, 0) is 18.2 Å². The normalized spacial score (nSPS) is 14.2. The second-order valence-corrected chi connectivity index (χ2v) is 5.54. The highest BCUT2D eigenvalue weighted by atomic mass is 19.1. The summed E-state index contributed by atoms with van der Waals surface area (Å²) in [6.45, 7) is 2.93. The van der Waals surface area contributed by atoms with Crippen LogP contribution in [0.3, 0.4) is 0 Å². The van der Waals surface area contributed by atoms with Crippen molar-refractivity contribution in [3.05, 3.63) is 35.8 Å². The number of hydrogen-bond donors (Lipinski definition) is 3. The molecule has 1 aliphatic heterocycles. The van der Waals surface area contributed by atoms with Crippen LogP contribution in [0.2, 0.25) is 0 Å². The Morgan fingerprint density at radius 1 is 1.33 bits per heavy atom. The van der Waals surface area contributed by atoms with Crippen LogP contribution < -0.4 is 10.6 Å². The first kappa shape index (κ1) is 17.6. The smallest absolute Gasteiger partial charge is 0.277 e. The summed E-state index contributed by atoms with van der Waals surface area (Å²) < 4.78 is 13.8. The highest BCUT2D eigenvalue weighted by Gasteiger charge is 2.30. The Morgan fingerprint density at radius 3 is 2.67 bits per heavy atom. The second kappa shape index (κ2) is 7.22. The lowest BCUT2D eigenvalue weighted by molar-refractivity contribution is -0.137. The number of nitrogens with one attached hydrogen (secondary N) is 2. The van der Waals surface area contributed by atoms with Crippen LogP contribution in [0.25, 0.3) is 0 Å². The Morgan fingerprint density at radius 2 is 2.04 bits per heavy atom. The number of benzene rings is 1. The minimum absolute atomic E-state index is 0.0150. The van der Waals surface area contributed by atoms with Crippen LogP contribution >= 0.6 is 0 Å². The molecule has 1 heterocycles. The summed E-state index contributed by atoms with van der Waals surface area (Å²) in [6, 6.07) is 3.86. The van der Waals surface area contributed by atoms with Crippen LogP contribution in [0.15, 0.2) is 30.0 Å². The third-order valence-electron chi connectivity index (χ3n) is 3.36. The van der Waals surface area contributed by atoms with Gasteiger partial charge in [0.2, 0.25) is 5.91 Å². The van der Waals surface area contributed by atoms with E-state index in [1.165, 1.54) is 12.1 Å². The zero-order chi connectivity index (χ0) is 17.9. The number of amides is 3. The monoisotopic (exact) mass is 335 g/mol. The summed E-state index contributed by atoms with van der Waals surface area (Å²) in [5, 5.41) is 14.0. The van der Waals surface area contributed by atoms with Gasteiger partial charge in [0.25, 0.3) is 11.8 Å². The van der Waals surface area contributed by atoms with E-state index in [2.05, 4.69) is 10.6 Å². The van der Waals surface area contributed by atoms with Crippen molar-refractivity contribution in [2.75, 3.05) is 23.8 Å². The molecule has 0 spiro atoms. The lowest BCUT2D eigenvalue weighted by atomic mass is 10.2. The molecule has 1 aromatic rings. The average molecular weight is 335 g/mol. The van der Waals surface area contributed by atoms with E-state index < -0.39 is 17.6 Å². The molecule has 0 fully saturated rings. The van der Waals surface area contributed by atoms with Gasteiger partial charge >= 0.3 is 0 Å². The van der Waals surface area contributed by atoms with Crippen molar-refractivity contribution in [1.29, 1.82) is 0 Å². The zero-order valence-corrected chi connectivity index (χ0v) is 13.3. The fraction of sp³-hybridized carbons (Fsp3) is 0.312. The summed E-state index contributed by atoms with van der Waals surface area (Å²) in [4.78, 5) is 36.3. The van der Waals surface area contributed by atoms with E-state index >= 15 is 0 Å². The van der Waals surface area contributed by atoms with E-state index in [-0.39, 0.29) is 36.4 Å². The van der Waals surface area contributed by atoms with Crippen LogP contribution in [-0.2, 0) is 14.4 Å². The molecule has 1 aromatic carbocycles. The van der Waals surface area contributed by atoms with Crippen LogP contribution in [0.1, 0.15) is 13.8 Å². The van der Waals surface area contributed by atoms with Gasteiger partial charge in [-0.15, -0.1) is 0 Å². The van der Waals surface area contributed by atoms with E-state index in [1.54, 1.807) is 13.8 Å². The number of carbonyl (C=O) groups excluding carboxylic acids is 3. The van der Waals surface area contributed by atoms with Crippen LogP contribution in [-0.4, -0.2) is 40.9 Å². The van der Waals surface area contributed by atoms with Gasteiger partial charge in [-0.2, -0.15) is 0 Å². The predicted molar refractivity (Wildman–Crippen MR) is 85.4 cm³/mol. The number of nitrogens with zero attached hydrogens (tertiary/aromatic N) is 1. The molecule has 7 nitrogen and oxygen atoms in total. The van der Waals surface area contributed by atoms with Crippen molar-refractivity contribution in [2.24, 2.45) is 5.92 Å². The Kier molecular flexibility index (Phi) is 5.30. The molecule has 128 valence electrons. The van der Waals surface area contributed by atoms with Gasteiger partial charge in [-0.3, -0.25) is 19.3 Å². The molecule has 0 atom stereocenters. The maximum Gasteiger partial charge on any atom is 0.277 e. The Labute approximate surface area is 138 Å². The maximum absolute atomic E-state index is 13.8. The van der Waals surface area contributed by atoms with Gasteiger partial charge in [0.15, 0.2) is 0 Å². The Hall–Kier alpha value is -2.74. The molecule has 0 aromatic heterocycles. The summed E-state index contributed by atoms with van der Waals surface area (Å²) >= 11 is 0. The fourth-order valence-corrected chi connectivity index (χ4v) is 2.04. The molecule has 0 saturated heterocycles. The lowest BCUT2D eigenvalue weighted by Gasteiger charge is -2.14. The SMILES string of the molecule is CC(C)C(=O)Nc1cc(NC2=CC(=O)N(CCO)C2=O)ccc1F. The van der Waals surface area contributed by atoms with E-state index in [0.29, 0.717) is 5.69 Å². The molecular weight excluding hydrogens is 317 g/mol. The van der Waals surface area contributed by atoms with Crippen molar-refractivity contribution < 1.29 is 23.9 Å². The van der Waals surface area contributed by atoms with Crippen molar-refractivity contribution >= 4 is 29.1 Å². The molecule has 2 rings (SSSR count). The number of carbonyl (C=O) groups is 3. The van der Waals surface area contributed by atoms with Crippen molar-refractivity contribution in [3.63, 3.8) is 0 Å². The number of aliphatic hydroxyl groups excluding tert-OH is 1. The van der Waals surface area contributed by atoms with Gasteiger partial charge in [-0.1, -0.05) is 13.8 Å². The molecule has 0 aliphatic carbocycles. The minimum atomic E-state index is -0.612. The predicted octanol–water partition coefficient (Wildman–Crippen LogP) is 1.08. The van der Waals surface area contributed by atoms with Crippen LogP contribution in [0.5, 0.6) is 0 Å². The molecule has 3 amide bonds. The molecule has 0 unspecified atom stereocenters. The molecule has 8 heteroatoms. The third-order valence-corrected chi connectivity index (χ3v) is 3.36. The lowest BCUT2D eigenvalue weighted by Crippen LogP contribution is -2.34. The maximum atomic E-state index is 13.8. The summed E-state index contributed by atoms with van der Waals surface area (Å²) in [5.74, 6) is -2.38. The topological polar surface area (TPSA) is 98.7 Å². The molecule has 3 N–H and O–H groups in total. The first-order valence-corrected chi connectivity index (χ1v) is 7.39. The third kappa shape index (κ3) is 3.77. The van der Waals surface area contributed by atoms with Crippen molar-refractivity contribution in [1.82, 2.24) is 4.90 Å². The van der Waals surface area contributed by atoms with E-state index in [9.17, 15) is 18.8 Å². The van der Waals surface area contributed by atoms with Gasteiger partial charge in [-0.25, -0.2) is 4.39 Å². The number of β-amino-alcohol motifs (C(OH)–C–C–N with tert-alkyl or cyclic N) is 1. The number of rotatable bonds is 6. The quantitative estimate of drug-likeness (QED) is 0.676. The van der Waals surface area contributed by atoms with E-state index in [1.807, 2.05) is 0 Å². The highest BCUT2D eigenvalue weighted by Crippen LogP contribution is 2.23. The van der Waals surface area contributed by atoms with Gasteiger partial charge in [0.05, 0.1) is 18.8 Å². The molecular formula is C16H18FN3O4. The van der Waals surface area contributed by atoms with Gasteiger partial charge in [0.1, 0.15) is 11.5 Å². The second-order valence-electron chi connectivity index (χ2n) is 5.54. The molecule has 1 aliphatic rings. The zero-order valence-electron chi connectivity index (χ0n) is 13.3. The van der Waals surface area contributed by atoms with Crippen LogP contribution in [0, 0.1) is 11.7 Å². The summed E-state index contributed by atoms with van der Waals surface area (Å²) in [6.07, 6.45) is 1.10. The number of aliphatic hydroxyl groups is 1. The largest absolute Gasteiger partial charge is 0.395 e. The summed E-state index contributed by atoms with van der Waals surface area (Å²) in [5.41, 5.74) is 0.332. The molecule has 24 heavy (non-hydrogen) atoms. The number of halogens is 1. The molecule has 0 saturated carbocycles. The molecule has 0 radical (unpaired) electrons. The minimum Gasteiger partial charge on any atom is -0.395 e. The first-order valence-electron chi connectivity index (χ1n) is 7.39. The fourth-order valence-electron chi connectivity index (χ4n) is 2.04. The van der Waals surface area contributed by atoms with Crippen LogP contribution in [0.4, 0.5) is 15.8 Å². The number of imide groups is 1. The first-order chi connectivity index (χ1) is 11.3. The average Bonchev–Trinajstić information content (AvgIpc) is 2.78. The van der Waals surface area contributed by atoms with E-state index in [0.717, 1.165) is 17.0 Å². The Balaban J connectivity index is 2.16. The van der Waals surface area contributed by atoms with Crippen molar-refractivity contribution in [2.45, 2.75) is 13.8 Å². The van der Waals surface area contributed by atoms with E-state index in [4.69, 9.17) is 5.11 Å². The highest BCUT2D eigenvalue weighted by molar-refractivity contribution is 6.17. The van der Waals surface area contributed by atoms with Gasteiger partial charge in [0, 0.05) is 17.7 Å². The number of anilines is 2. The molecule has 0 bridgehead atoms. The standard InChI is InChI=1S/C16H18FN3O4/c1-9(2)15(23)19-12-7-10(3-4-11(12)17)18-13-8-14(22)20(5-6-21)16(13)24/h3-4,7-9,18,21H,5-6H2,1-2H3,(H,19,23).